The molecule has 0 saturated heterocycles. The molecule has 3 nitrogen and oxygen atoms in total. The molecule has 0 unspecified atom stereocenters. The normalized spacial score (nSPS) is 9.33. The summed E-state index contributed by atoms with van der Waals surface area (Å²) in [7, 11) is 0. The Labute approximate surface area is 56.5 Å². The Balaban J connectivity index is 2.58. The molecule has 2 N–H and O–H groups in total. The Bertz CT molecular complexity index is 195. The Morgan fingerprint density at radius 3 is 3.11 bits per heavy atom. The maximum absolute atomic E-state index is 10.3. The number of thiazole rings is 1. The topological polar surface area (TPSA) is 56.0 Å². The highest BCUT2D eigenvalue weighted by molar-refractivity contribution is 7.09. The molecule has 1 rings (SSSR count). The molecule has 0 spiro atoms. The molecule has 0 aliphatic heterocycles. The maximum Gasteiger partial charge on any atom is 0.222 e. The number of amides is 1. The first kappa shape index (κ1) is 6.22. The van der Waals surface area contributed by atoms with Gasteiger partial charge in [-0.15, -0.1) is 11.3 Å². The second-order valence-electron chi connectivity index (χ2n) is 1.61. The summed E-state index contributed by atoms with van der Waals surface area (Å²) in [6, 6.07) is 0. The van der Waals surface area contributed by atoms with E-state index in [-0.39, 0.29) is 5.91 Å². The number of carbonyl (C=O) groups excluding carboxylic acids is 1. The van der Waals surface area contributed by atoms with Crippen LogP contribution in [-0.4, -0.2) is 10.9 Å². The summed E-state index contributed by atoms with van der Waals surface area (Å²) in [4.78, 5) is 15.0. The second-order valence-corrected chi connectivity index (χ2v) is 2.58. The highest BCUT2D eigenvalue weighted by Crippen LogP contribution is 2.04. The Morgan fingerprint density at radius 2 is 2.67 bits per heavy atom. The first-order valence-corrected chi connectivity index (χ1v) is 3.32. The average molecular weight is 142 g/mol. The van der Waals surface area contributed by atoms with Crippen molar-refractivity contribution in [2.24, 2.45) is 5.73 Å². The third-order valence-electron chi connectivity index (χ3n) is 0.832. The molecule has 0 aliphatic carbocycles. The minimum Gasteiger partial charge on any atom is -0.369 e. The number of hydrogen-bond acceptors (Lipinski definition) is 3. The first-order valence-electron chi connectivity index (χ1n) is 2.44. The van der Waals surface area contributed by atoms with Crippen LogP contribution in [0.1, 0.15) is 4.88 Å². The van der Waals surface area contributed by atoms with Crippen molar-refractivity contribution in [1.82, 2.24) is 4.98 Å². The van der Waals surface area contributed by atoms with Gasteiger partial charge < -0.3 is 5.73 Å². The van der Waals surface area contributed by atoms with Crippen molar-refractivity contribution in [1.29, 1.82) is 0 Å². The summed E-state index contributed by atoms with van der Waals surface area (Å²) in [5.74, 6) is -0.306. The van der Waals surface area contributed by atoms with Gasteiger partial charge in [0.2, 0.25) is 5.91 Å². The van der Waals surface area contributed by atoms with Crippen LogP contribution >= 0.6 is 11.3 Å². The molecule has 1 aromatic rings. The quantitative estimate of drug-likeness (QED) is 0.640. The van der Waals surface area contributed by atoms with Gasteiger partial charge in [-0.3, -0.25) is 9.78 Å². The number of nitrogens with two attached hydrogens (primary N) is 1. The summed E-state index contributed by atoms with van der Waals surface area (Å²) in [5, 5.41) is 0. The Hall–Kier alpha value is -0.900. The molecule has 1 amide bonds. The summed E-state index contributed by atoms with van der Waals surface area (Å²) in [6.07, 6.45) is 1.96. The summed E-state index contributed by atoms with van der Waals surface area (Å²) in [6.45, 7) is 0. The second kappa shape index (κ2) is 2.59. The fraction of sp³-hybridized carbons (Fsp3) is 0.200. The number of primary amides is 1. The van der Waals surface area contributed by atoms with Crippen LogP contribution in [0.2, 0.25) is 0 Å². The smallest absolute Gasteiger partial charge is 0.222 e. The van der Waals surface area contributed by atoms with Gasteiger partial charge in [0.05, 0.1) is 11.9 Å². The minimum absolute atomic E-state index is 0.306. The van der Waals surface area contributed by atoms with Crippen LogP contribution in [0, 0.1) is 0 Å². The average Bonchev–Trinajstić information content (AvgIpc) is 2.15. The zero-order chi connectivity index (χ0) is 6.69. The van der Waals surface area contributed by atoms with Gasteiger partial charge in [-0.05, 0) is 0 Å². The number of aromatic nitrogens is 1. The van der Waals surface area contributed by atoms with E-state index in [0.29, 0.717) is 6.42 Å². The van der Waals surface area contributed by atoms with Gasteiger partial charge in [-0.1, -0.05) is 0 Å². The van der Waals surface area contributed by atoms with Crippen molar-refractivity contribution >= 4 is 17.2 Å². The van der Waals surface area contributed by atoms with Crippen LogP contribution in [0.15, 0.2) is 11.7 Å². The molecule has 0 fully saturated rings. The van der Waals surface area contributed by atoms with Crippen molar-refractivity contribution in [2.45, 2.75) is 6.42 Å². The van der Waals surface area contributed by atoms with E-state index >= 15 is 0 Å². The van der Waals surface area contributed by atoms with Crippen molar-refractivity contribution in [3.8, 4) is 0 Å². The van der Waals surface area contributed by atoms with Crippen LogP contribution < -0.4 is 5.73 Å². The predicted molar refractivity (Wildman–Crippen MR) is 35.0 cm³/mol. The monoisotopic (exact) mass is 142 g/mol. The SMILES string of the molecule is NC(=O)Cc1cncs1. The number of carbonyl (C=O) groups is 1. The van der Waals surface area contributed by atoms with Gasteiger partial charge in [-0.2, -0.15) is 0 Å². The molecule has 48 valence electrons. The maximum atomic E-state index is 10.3. The van der Waals surface area contributed by atoms with Gasteiger partial charge in [0.1, 0.15) is 0 Å². The van der Waals surface area contributed by atoms with E-state index < -0.39 is 0 Å². The van der Waals surface area contributed by atoms with E-state index in [4.69, 9.17) is 5.73 Å². The van der Waals surface area contributed by atoms with Crippen LogP contribution in [0.3, 0.4) is 0 Å². The molecule has 1 aromatic heterocycles. The van der Waals surface area contributed by atoms with E-state index in [1.54, 1.807) is 11.7 Å². The van der Waals surface area contributed by atoms with Gasteiger partial charge in [0.25, 0.3) is 0 Å². The van der Waals surface area contributed by atoms with Crippen LogP contribution in [0.4, 0.5) is 0 Å². The van der Waals surface area contributed by atoms with E-state index in [0.717, 1.165) is 4.88 Å². The molecule has 0 bridgehead atoms. The molecule has 1 heterocycles. The van der Waals surface area contributed by atoms with Crippen LogP contribution in [0.5, 0.6) is 0 Å². The van der Waals surface area contributed by atoms with Gasteiger partial charge in [0, 0.05) is 11.1 Å². The molecule has 4 heteroatoms. The lowest BCUT2D eigenvalue weighted by molar-refractivity contribution is -0.117. The number of hydrogen-bond donors (Lipinski definition) is 1. The Morgan fingerprint density at radius 1 is 1.89 bits per heavy atom. The predicted octanol–water partition coefficient (Wildman–Crippen LogP) is 0.171. The van der Waals surface area contributed by atoms with Crippen molar-refractivity contribution in [3.05, 3.63) is 16.6 Å². The van der Waals surface area contributed by atoms with E-state index in [2.05, 4.69) is 4.98 Å². The lowest BCUT2D eigenvalue weighted by Gasteiger charge is -1.85. The largest absolute Gasteiger partial charge is 0.369 e. The molecular weight excluding hydrogens is 136 g/mol. The number of rotatable bonds is 2. The van der Waals surface area contributed by atoms with E-state index in [1.165, 1.54) is 11.3 Å². The third-order valence-corrected chi connectivity index (χ3v) is 1.61. The number of nitrogens with zero attached hydrogens (tertiary/aromatic N) is 1. The van der Waals surface area contributed by atoms with Crippen molar-refractivity contribution in [3.63, 3.8) is 0 Å². The fourth-order valence-corrected chi connectivity index (χ4v) is 1.11. The van der Waals surface area contributed by atoms with Crippen molar-refractivity contribution in [2.75, 3.05) is 0 Å². The van der Waals surface area contributed by atoms with Crippen molar-refractivity contribution < 1.29 is 4.79 Å². The van der Waals surface area contributed by atoms with Crippen LogP contribution in [-0.2, 0) is 11.2 Å². The zero-order valence-corrected chi connectivity index (χ0v) is 5.52. The molecule has 0 aliphatic rings. The molecular formula is C5H6N2OS. The lowest BCUT2D eigenvalue weighted by Crippen LogP contribution is -2.12. The molecule has 0 saturated carbocycles. The zero-order valence-electron chi connectivity index (χ0n) is 4.70. The molecule has 9 heavy (non-hydrogen) atoms. The molecule has 0 aromatic carbocycles. The summed E-state index contributed by atoms with van der Waals surface area (Å²) >= 11 is 1.44. The highest BCUT2D eigenvalue weighted by Gasteiger charge is 1.97. The lowest BCUT2D eigenvalue weighted by atomic mass is 10.4. The van der Waals surface area contributed by atoms with Gasteiger partial charge in [0.15, 0.2) is 0 Å². The molecule has 0 atom stereocenters. The van der Waals surface area contributed by atoms with Gasteiger partial charge in [-0.25, -0.2) is 0 Å². The first-order chi connectivity index (χ1) is 4.29. The van der Waals surface area contributed by atoms with Gasteiger partial charge >= 0.3 is 0 Å². The fourth-order valence-electron chi connectivity index (χ4n) is 0.501. The third kappa shape index (κ3) is 1.81. The van der Waals surface area contributed by atoms with E-state index in [1.807, 2.05) is 0 Å². The minimum atomic E-state index is -0.306. The highest BCUT2D eigenvalue weighted by atomic mass is 32.1. The molecule has 0 radical (unpaired) electrons. The Kier molecular flexibility index (Phi) is 1.79. The standard InChI is InChI=1S/C5H6N2OS/c6-5(8)1-4-2-7-3-9-4/h2-3H,1H2,(H2,6,8). The summed E-state index contributed by atoms with van der Waals surface area (Å²) < 4.78 is 0. The summed E-state index contributed by atoms with van der Waals surface area (Å²) in [5.41, 5.74) is 6.60. The van der Waals surface area contributed by atoms with E-state index in [9.17, 15) is 4.79 Å². The van der Waals surface area contributed by atoms with Crippen LogP contribution in [0.25, 0.3) is 0 Å².